The summed E-state index contributed by atoms with van der Waals surface area (Å²) in [5, 5.41) is 5.55. The molecule has 3 rings (SSSR count). The number of urea groups is 1. The molecule has 2 aromatic rings. The Balaban J connectivity index is 1.46. The molecule has 1 aliphatic rings. The van der Waals surface area contributed by atoms with Gasteiger partial charge < -0.3 is 20.3 Å². The Hall–Kier alpha value is -3.09. The van der Waals surface area contributed by atoms with Gasteiger partial charge in [-0.2, -0.15) is 0 Å². The molecule has 1 aliphatic heterocycles. The summed E-state index contributed by atoms with van der Waals surface area (Å²) in [6.45, 7) is 1.42. The van der Waals surface area contributed by atoms with Crippen LogP contribution in [0.5, 0.6) is 5.75 Å². The highest BCUT2D eigenvalue weighted by Crippen LogP contribution is 2.20. The second-order valence-electron chi connectivity index (χ2n) is 6.54. The van der Waals surface area contributed by atoms with E-state index in [4.69, 9.17) is 4.74 Å². The zero-order valence-electron chi connectivity index (χ0n) is 15.1. The van der Waals surface area contributed by atoms with Gasteiger partial charge in [-0.05, 0) is 29.8 Å². The van der Waals surface area contributed by atoms with E-state index < -0.39 is 0 Å². The number of rotatable bonds is 6. The number of methoxy groups -OCH3 is 1. The van der Waals surface area contributed by atoms with Crippen LogP contribution in [0.1, 0.15) is 12.0 Å². The van der Waals surface area contributed by atoms with Gasteiger partial charge in [0.15, 0.2) is 0 Å². The number of ether oxygens (including phenoxy) is 1. The van der Waals surface area contributed by atoms with Crippen LogP contribution >= 0.6 is 0 Å². The highest BCUT2D eigenvalue weighted by atomic mass is 19.1. The molecular weight excluding hydrogens is 349 g/mol. The topological polar surface area (TPSA) is 70.7 Å². The molecule has 1 unspecified atom stereocenters. The molecule has 3 amide bonds. The quantitative estimate of drug-likeness (QED) is 0.820. The molecule has 1 atom stereocenters. The molecule has 0 saturated carbocycles. The molecule has 2 aromatic carbocycles. The summed E-state index contributed by atoms with van der Waals surface area (Å²) in [7, 11) is 1.56. The van der Waals surface area contributed by atoms with Gasteiger partial charge in [-0.1, -0.05) is 18.2 Å². The van der Waals surface area contributed by atoms with Crippen LogP contribution in [0, 0.1) is 11.7 Å². The maximum absolute atomic E-state index is 13.0. The third-order valence-corrected chi connectivity index (χ3v) is 4.46. The van der Waals surface area contributed by atoms with Gasteiger partial charge in [-0.3, -0.25) is 4.79 Å². The number of nitrogens with one attached hydrogen (secondary N) is 2. The molecule has 2 N–H and O–H groups in total. The number of carbonyl (C=O) groups excluding carboxylic acids is 2. The third kappa shape index (κ3) is 5.20. The van der Waals surface area contributed by atoms with Gasteiger partial charge in [0.1, 0.15) is 11.6 Å². The van der Waals surface area contributed by atoms with Crippen molar-refractivity contribution in [3.8, 4) is 5.75 Å². The number of anilines is 1. The zero-order chi connectivity index (χ0) is 19.2. The predicted molar refractivity (Wildman–Crippen MR) is 99.9 cm³/mol. The minimum atomic E-state index is -0.326. The Labute approximate surface area is 157 Å². The largest absolute Gasteiger partial charge is 0.497 e. The van der Waals surface area contributed by atoms with Crippen molar-refractivity contribution in [2.45, 2.75) is 13.0 Å². The van der Waals surface area contributed by atoms with Crippen LogP contribution in [-0.2, 0) is 11.3 Å². The molecule has 0 spiro atoms. The van der Waals surface area contributed by atoms with Gasteiger partial charge in [0.2, 0.25) is 5.91 Å². The average molecular weight is 371 g/mol. The molecule has 1 saturated heterocycles. The van der Waals surface area contributed by atoms with Crippen LogP contribution in [0.2, 0.25) is 0 Å². The smallest absolute Gasteiger partial charge is 0.319 e. The van der Waals surface area contributed by atoms with E-state index in [2.05, 4.69) is 10.6 Å². The highest BCUT2D eigenvalue weighted by molar-refractivity contribution is 5.89. The number of carbonyl (C=O) groups is 2. The van der Waals surface area contributed by atoms with Gasteiger partial charge in [0, 0.05) is 43.7 Å². The van der Waals surface area contributed by atoms with Gasteiger partial charge >= 0.3 is 6.03 Å². The Kier molecular flexibility index (Phi) is 5.90. The second kappa shape index (κ2) is 8.53. The van der Waals surface area contributed by atoms with E-state index in [1.165, 1.54) is 12.1 Å². The van der Waals surface area contributed by atoms with Crippen molar-refractivity contribution >= 4 is 17.6 Å². The maximum atomic E-state index is 13.0. The van der Waals surface area contributed by atoms with Crippen LogP contribution in [-0.4, -0.2) is 37.0 Å². The molecule has 0 aliphatic carbocycles. The Bertz CT molecular complexity index is 810. The summed E-state index contributed by atoms with van der Waals surface area (Å²) in [5.74, 6) is 0.453. The van der Waals surface area contributed by atoms with Gasteiger partial charge in [-0.15, -0.1) is 0 Å². The first-order valence-electron chi connectivity index (χ1n) is 8.74. The zero-order valence-corrected chi connectivity index (χ0v) is 15.1. The minimum Gasteiger partial charge on any atom is -0.497 e. The van der Waals surface area contributed by atoms with Crippen LogP contribution in [0.3, 0.4) is 0 Å². The number of amides is 3. The molecule has 0 radical (unpaired) electrons. The fraction of sp³-hybridized carbons (Fsp3) is 0.300. The van der Waals surface area contributed by atoms with Crippen molar-refractivity contribution in [3.63, 3.8) is 0 Å². The van der Waals surface area contributed by atoms with E-state index in [1.807, 2.05) is 0 Å². The van der Waals surface area contributed by atoms with Gasteiger partial charge in [-0.25, -0.2) is 9.18 Å². The average Bonchev–Trinajstić information content (AvgIpc) is 3.01. The minimum absolute atomic E-state index is 0.0410. The second-order valence-corrected chi connectivity index (χ2v) is 6.54. The van der Waals surface area contributed by atoms with Crippen molar-refractivity contribution in [1.29, 1.82) is 0 Å². The molecule has 1 heterocycles. The summed E-state index contributed by atoms with van der Waals surface area (Å²) in [4.78, 5) is 26.0. The lowest BCUT2D eigenvalue weighted by molar-refractivity contribution is -0.128. The number of hydrogen-bond acceptors (Lipinski definition) is 3. The van der Waals surface area contributed by atoms with Crippen molar-refractivity contribution in [1.82, 2.24) is 10.2 Å². The number of nitrogens with zero attached hydrogens (tertiary/aromatic N) is 1. The first kappa shape index (κ1) is 18.7. The van der Waals surface area contributed by atoms with Crippen molar-refractivity contribution in [2.24, 2.45) is 5.92 Å². The number of halogens is 1. The molecule has 0 aromatic heterocycles. The summed E-state index contributed by atoms with van der Waals surface area (Å²) in [6.07, 6.45) is 0.390. The first-order chi connectivity index (χ1) is 13.0. The fourth-order valence-electron chi connectivity index (χ4n) is 3.07. The molecule has 1 fully saturated rings. The monoisotopic (exact) mass is 371 g/mol. The molecule has 142 valence electrons. The van der Waals surface area contributed by atoms with E-state index in [0.717, 1.165) is 5.56 Å². The van der Waals surface area contributed by atoms with Gasteiger partial charge in [0.05, 0.1) is 7.11 Å². The number of hydrogen-bond donors (Lipinski definition) is 2. The summed E-state index contributed by atoms with van der Waals surface area (Å²) >= 11 is 0. The maximum Gasteiger partial charge on any atom is 0.319 e. The SMILES string of the molecule is COc1cccc(NC(=O)NCC2CC(=O)N(Cc3ccc(F)cc3)C2)c1. The van der Waals surface area contributed by atoms with E-state index in [0.29, 0.717) is 37.5 Å². The lowest BCUT2D eigenvalue weighted by Gasteiger charge is -2.17. The molecule has 6 nitrogen and oxygen atoms in total. The molecule has 7 heteroatoms. The van der Waals surface area contributed by atoms with Crippen LogP contribution in [0.25, 0.3) is 0 Å². The molecule has 0 bridgehead atoms. The molecular formula is C20H22FN3O3. The van der Waals surface area contributed by atoms with Crippen molar-refractivity contribution < 1.29 is 18.7 Å². The van der Waals surface area contributed by atoms with Crippen LogP contribution < -0.4 is 15.4 Å². The van der Waals surface area contributed by atoms with Crippen LogP contribution in [0.4, 0.5) is 14.9 Å². The summed E-state index contributed by atoms with van der Waals surface area (Å²) in [6, 6.07) is 12.9. The van der Waals surface area contributed by atoms with E-state index >= 15 is 0 Å². The summed E-state index contributed by atoms with van der Waals surface area (Å²) in [5.41, 5.74) is 1.52. The Morgan fingerprint density at radius 2 is 2.04 bits per heavy atom. The Morgan fingerprint density at radius 1 is 1.26 bits per heavy atom. The standard InChI is InChI=1S/C20H22FN3O3/c1-27-18-4-2-3-17(10-18)23-20(26)22-11-15-9-19(25)24(13-15)12-14-5-7-16(21)8-6-14/h2-8,10,15H,9,11-13H2,1H3,(H2,22,23,26). The van der Waals surface area contributed by atoms with Gasteiger partial charge in [0.25, 0.3) is 0 Å². The van der Waals surface area contributed by atoms with Crippen molar-refractivity contribution in [3.05, 3.63) is 59.9 Å². The Morgan fingerprint density at radius 3 is 2.78 bits per heavy atom. The van der Waals surface area contributed by atoms with E-state index in [-0.39, 0.29) is 23.7 Å². The molecule has 27 heavy (non-hydrogen) atoms. The lowest BCUT2D eigenvalue weighted by Crippen LogP contribution is -2.34. The summed E-state index contributed by atoms with van der Waals surface area (Å²) < 4.78 is 18.1. The fourth-order valence-corrected chi connectivity index (χ4v) is 3.07. The number of likely N-dealkylation sites (tertiary alicyclic amines) is 1. The normalized spacial score (nSPS) is 16.3. The predicted octanol–water partition coefficient (Wildman–Crippen LogP) is 3.00. The van der Waals surface area contributed by atoms with Crippen LogP contribution in [0.15, 0.2) is 48.5 Å². The van der Waals surface area contributed by atoms with Crippen molar-refractivity contribution in [2.75, 3.05) is 25.5 Å². The third-order valence-electron chi connectivity index (χ3n) is 4.46. The first-order valence-corrected chi connectivity index (χ1v) is 8.74. The number of benzene rings is 2. The lowest BCUT2D eigenvalue weighted by atomic mass is 10.1. The van der Waals surface area contributed by atoms with E-state index in [9.17, 15) is 14.0 Å². The van der Waals surface area contributed by atoms with E-state index in [1.54, 1.807) is 48.4 Å². The highest BCUT2D eigenvalue weighted by Gasteiger charge is 2.29.